The smallest absolute Gasteiger partial charge is 0.224 e. The summed E-state index contributed by atoms with van der Waals surface area (Å²) in [6.07, 6.45) is 1.31. The topological polar surface area (TPSA) is 40.5 Å². The lowest BCUT2D eigenvalue weighted by molar-refractivity contribution is -0.133. The second-order valence-electron chi connectivity index (χ2n) is 3.17. The van der Waals surface area contributed by atoms with Crippen molar-refractivity contribution >= 4 is 5.91 Å². The highest BCUT2D eigenvalue weighted by Gasteiger charge is 2.16. The molecular weight excluding hydrogens is 154 g/mol. The predicted molar refractivity (Wildman–Crippen MR) is 48.7 cm³/mol. The summed E-state index contributed by atoms with van der Waals surface area (Å²) in [6.45, 7) is 5.24. The molecule has 0 aromatic carbocycles. The summed E-state index contributed by atoms with van der Waals surface area (Å²) in [5.74, 6) is -0.108. The highest BCUT2D eigenvalue weighted by molar-refractivity contribution is 5.77. The molecule has 0 aromatic rings. The van der Waals surface area contributed by atoms with Gasteiger partial charge in [-0.15, -0.1) is 6.58 Å². The van der Waals surface area contributed by atoms with Crippen LogP contribution in [0.4, 0.5) is 0 Å². The van der Waals surface area contributed by atoms with Crippen LogP contribution in [0.1, 0.15) is 13.3 Å². The fourth-order valence-corrected chi connectivity index (χ4v) is 1.00. The van der Waals surface area contributed by atoms with Gasteiger partial charge in [0.25, 0.3) is 0 Å². The normalized spacial score (nSPS) is 15.0. The molecule has 1 N–H and O–H groups in total. The molecule has 0 fully saturated rings. The molecule has 1 unspecified atom stereocenters. The van der Waals surface area contributed by atoms with Crippen molar-refractivity contribution in [3.05, 3.63) is 12.7 Å². The Morgan fingerprint density at radius 2 is 2.17 bits per heavy atom. The maximum absolute atomic E-state index is 11.3. The molecule has 0 heterocycles. The Hall–Kier alpha value is -0.830. The van der Waals surface area contributed by atoms with Crippen molar-refractivity contribution in [2.75, 3.05) is 14.1 Å². The number of aliphatic hydroxyl groups excluding tert-OH is 1. The zero-order chi connectivity index (χ0) is 9.72. The minimum Gasteiger partial charge on any atom is -0.389 e. The van der Waals surface area contributed by atoms with Gasteiger partial charge in [0.15, 0.2) is 0 Å². The van der Waals surface area contributed by atoms with Crippen LogP contribution in [0.5, 0.6) is 0 Å². The van der Waals surface area contributed by atoms with E-state index in [1.807, 2.05) is 0 Å². The molecule has 0 aromatic heterocycles. The van der Waals surface area contributed by atoms with Gasteiger partial charge >= 0.3 is 0 Å². The average molecular weight is 171 g/mol. The second kappa shape index (κ2) is 4.93. The van der Waals surface area contributed by atoms with E-state index < -0.39 is 6.10 Å². The van der Waals surface area contributed by atoms with E-state index in [-0.39, 0.29) is 11.8 Å². The maximum atomic E-state index is 11.3. The Morgan fingerprint density at radius 3 is 2.50 bits per heavy atom. The Labute approximate surface area is 73.7 Å². The van der Waals surface area contributed by atoms with Crippen LogP contribution in [-0.4, -0.2) is 36.1 Å². The van der Waals surface area contributed by atoms with Crippen LogP contribution in [0.15, 0.2) is 12.7 Å². The first-order valence-corrected chi connectivity index (χ1v) is 4.00. The molecule has 0 bridgehead atoms. The summed E-state index contributed by atoms with van der Waals surface area (Å²) in [5.41, 5.74) is 0. The third-order valence-electron chi connectivity index (χ3n) is 1.73. The van der Waals surface area contributed by atoms with E-state index in [0.29, 0.717) is 6.42 Å². The average Bonchev–Trinajstić information content (AvgIpc) is 2.02. The molecule has 0 saturated carbocycles. The number of rotatable bonds is 4. The van der Waals surface area contributed by atoms with Crippen molar-refractivity contribution in [1.29, 1.82) is 0 Å². The van der Waals surface area contributed by atoms with Crippen LogP contribution in [0, 0.1) is 5.92 Å². The fourth-order valence-electron chi connectivity index (χ4n) is 1.00. The first-order valence-electron chi connectivity index (χ1n) is 4.00. The van der Waals surface area contributed by atoms with Crippen LogP contribution in [0.2, 0.25) is 0 Å². The number of nitrogens with zero attached hydrogens (tertiary/aromatic N) is 1. The Balaban J connectivity index is 3.94. The molecule has 0 saturated heterocycles. The van der Waals surface area contributed by atoms with Gasteiger partial charge in [0.2, 0.25) is 5.91 Å². The fraction of sp³-hybridized carbons (Fsp3) is 0.667. The molecule has 3 heteroatoms. The van der Waals surface area contributed by atoms with E-state index in [1.54, 1.807) is 21.0 Å². The van der Waals surface area contributed by atoms with E-state index in [2.05, 4.69) is 6.58 Å². The largest absolute Gasteiger partial charge is 0.389 e. The number of carbonyl (C=O) groups excluding carboxylic acids is 1. The van der Waals surface area contributed by atoms with E-state index in [0.717, 1.165) is 0 Å². The van der Waals surface area contributed by atoms with Crippen molar-refractivity contribution in [1.82, 2.24) is 4.90 Å². The molecule has 0 radical (unpaired) electrons. The van der Waals surface area contributed by atoms with Crippen molar-refractivity contribution in [2.24, 2.45) is 5.92 Å². The highest BCUT2D eigenvalue weighted by atomic mass is 16.3. The predicted octanol–water partition coefficient (Wildman–Crippen LogP) is 0.648. The van der Waals surface area contributed by atoms with Crippen LogP contribution < -0.4 is 0 Å². The highest BCUT2D eigenvalue weighted by Crippen LogP contribution is 2.08. The molecule has 0 aliphatic heterocycles. The first kappa shape index (κ1) is 11.2. The first-order chi connectivity index (χ1) is 5.49. The SMILES string of the molecule is C=C[C@@H](O)CC(C)C(=O)N(C)C. The third kappa shape index (κ3) is 3.53. The molecule has 3 nitrogen and oxygen atoms in total. The zero-order valence-corrected chi connectivity index (χ0v) is 7.95. The molecule has 0 spiro atoms. The van der Waals surface area contributed by atoms with Gasteiger partial charge in [-0.1, -0.05) is 13.0 Å². The monoisotopic (exact) mass is 171 g/mol. The lowest BCUT2D eigenvalue weighted by Gasteiger charge is -2.17. The van der Waals surface area contributed by atoms with E-state index in [9.17, 15) is 9.90 Å². The van der Waals surface area contributed by atoms with E-state index >= 15 is 0 Å². The summed E-state index contributed by atoms with van der Waals surface area (Å²) in [7, 11) is 3.41. The summed E-state index contributed by atoms with van der Waals surface area (Å²) >= 11 is 0. The standard InChI is InChI=1S/C9H17NO2/c1-5-8(11)6-7(2)9(12)10(3)4/h5,7-8,11H,1,6H2,2-4H3/t7?,8-/m1/s1. The quantitative estimate of drug-likeness (QED) is 0.631. The Morgan fingerprint density at radius 1 is 1.67 bits per heavy atom. The van der Waals surface area contributed by atoms with Crippen molar-refractivity contribution in [3.63, 3.8) is 0 Å². The summed E-state index contributed by atoms with van der Waals surface area (Å²) in [6, 6.07) is 0. The van der Waals surface area contributed by atoms with Crippen LogP contribution in [-0.2, 0) is 4.79 Å². The van der Waals surface area contributed by atoms with Crippen molar-refractivity contribution in [3.8, 4) is 0 Å². The van der Waals surface area contributed by atoms with Gasteiger partial charge in [0, 0.05) is 20.0 Å². The molecule has 12 heavy (non-hydrogen) atoms. The van der Waals surface area contributed by atoms with Gasteiger partial charge in [0.1, 0.15) is 0 Å². The minimum absolute atomic E-state index is 0.0379. The Bertz CT molecular complexity index is 166. The zero-order valence-electron chi connectivity index (χ0n) is 7.95. The second-order valence-corrected chi connectivity index (χ2v) is 3.17. The molecular formula is C9H17NO2. The molecule has 1 amide bonds. The maximum Gasteiger partial charge on any atom is 0.224 e. The number of hydrogen-bond acceptors (Lipinski definition) is 2. The molecule has 0 aliphatic rings. The summed E-state index contributed by atoms with van der Waals surface area (Å²) in [5, 5.41) is 9.17. The van der Waals surface area contributed by atoms with Gasteiger partial charge in [-0.25, -0.2) is 0 Å². The van der Waals surface area contributed by atoms with E-state index in [4.69, 9.17) is 0 Å². The van der Waals surface area contributed by atoms with Gasteiger partial charge in [-0.3, -0.25) is 4.79 Å². The van der Waals surface area contributed by atoms with Crippen molar-refractivity contribution < 1.29 is 9.90 Å². The van der Waals surface area contributed by atoms with E-state index in [1.165, 1.54) is 11.0 Å². The molecule has 2 atom stereocenters. The molecule has 70 valence electrons. The van der Waals surface area contributed by atoms with Crippen molar-refractivity contribution in [2.45, 2.75) is 19.4 Å². The third-order valence-corrected chi connectivity index (χ3v) is 1.73. The molecule has 0 rings (SSSR count). The van der Waals surface area contributed by atoms with Crippen LogP contribution in [0.25, 0.3) is 0 Å². The van der Waals surface area contributed by atoms with Gasteiger partial charge in [0.05, 0.1) is 6.10 Å². The van der Waals surface area contributed by atoms with Gasteiger partial charge < -0.3 is 10.0 Å². The number of amides is 1. The lowest BCUT2D eigenvalue weighted by atomic mass is 10.0. The number of aliphatic hydroxyl groups is 1. The lowest BCUT2D eigenvalue weighted by Crippen LogP contribution is -2.29. The minimum atomic E-state index is -0.580. The summed E-state index contributed by atoms with van der Waals surface area (Å²) < 4.78 is 0. The van der Waals surface area contributed by atoms with Gasteiger partial charge in [-0.2, -0.15) is 0 Å². The summed E-state index contributed by atoms with van der Waals surface area (Å²) in [4.78, 5) is 12.8. The number of hydrogen-bond donors (Lipinski definition) is 1. The van der Waals surface area contributed by atoms with Crippen LogP contribution >= 0.6 is 0 Å². The van der Waals surface area contributed by atoms with Gasteiger partial charge in [-0.05, 0) is 6.42 Å². The molecule has 0 aliphatic carbocycles. The Kier molecular flexibility index (Phi) is 4.59. The van der Waals surface area contributed by atoms with Crippen LogP contribution in [0.3, 0.4) is 0 Å². The number of carbonyl (C=O) groups is 1.